The molecule has 0 bridgehead atoms. The Morgan fingerprint density at radius 3 is 2.42 bits per heavy atom. The van der Waals surface area contributed by atoms with Crippen LogP contribution in [0.2, 0.25) is 0 Å². The van der Waals surface area contributed by atoms with Crippen LogP contribution in [0.5, 0.6) is 0 Å². The van der Waals surface area contributed by atoms with E-state index in [1.165, 1.54) is 6.07 Å². The first-order valence-electron chi connectivity index (χ1n) is 7.70. The number of nitro groups is 1. The van der Waals surface area contributed by atoms with Gasteiger partial charge in [0.15, 0.2) is 0 Å². The van der Waals surface area contributed by atoms with Crippen molar-refractivity contribution in [3.05, 3.63) is 74.2 Å². The lowest BCUT2D eigenvalue weighted by atomic mass is 10.0. The zero-order valence-corrected chi connectivity index (χ0v) is 14.6. The third-order valence-electron chi connectivity index (χ3n) is 4.32. The Morgan fingerprint density at radius 1 is 1.17 bits per heavy atom. The lowest BCUT2D eigenvalue weighted by molar-refractivity contribution is -0.385. The number of nitro benzene ring substituents is 1. The van der Waals surface area contributed by atoms with Crippen LogP contribution in [0, 0.1) is 16.0 Å². The molecule has 6 heteroatoms. The van der Waals surface area contributed by atoms with Crippen molar-refractivity contribution in [3.8, 4) is 0 Å². The molecule has 1 aliphatic rings. The molecule has 0 heterocycles. The van der Waals surface area contributed by atoms with E-state index in [4.69, 9.17) is 4.74 Å². The van der Waals surface area contributed by atoms with Crippen molar-refractivity contribution >= 4 is 27.6 Å². The fourth-order valence-electron chi connectivity index (χ4n) is 3.23. The number of hydrogen-bond acceptors (Lipinski definition) is 4. The smallest absolute Gasteiger partial charge is 0.310 e. The van der Waals surface area contributed by atoms with E-state index in [2.05, 4.69) is 15.9 Å². The molecule has 0 aliphatic heterocycles. The van der Waals surface area contributed by atoms with Crippen LogP contribution in [0.15, 0.2) is 53.0 Å². The standard InChI is InChI=1S/C18H16BrNO4/c1-2-24-18(21)17-15(11-6-4-3-5-7-11)16(17)12-8-9-14(20(22)23)13(19)10-12/h3-10,15-17H,2H2,1H3. The molecule has 0 saturated heterocycles. The minimum Gasteiger partial charge on any atom is -0.466 e. The summed E-state index contributed by atoms with van der Waals surface area (Å²) in [5.41, 5.74) is 2.00. The molecule has 0 radical (unpaired) electrons. The first kappa shape index (κ1) is 16.6. The number of hydrogen-bond donors (Lipinski definition) is 0. The van der Waals surface area contributed by atoms with Crippen LogP contribution < -0.4 is 0 Å². The molecule has 1 aliphatic carbocycles. The lowest BCUT2D eigenvalue weighted by Crippen LogP contribution is -2.08. The van der Waals surface area contributed by atoms with Crippen molar-refractivity contribution in [2.45, 2.75) is 18.8 Å². The average molecular weight is 390 g/mol. The Balaban J connectivity index is 1.94. The van der Waals surface area contributed by atoms with Gasteiger partial charge in [0, 0.05) is 17.9 Å². The number of halogens is 1. The maximum Gasteiger partial charge on any atom is 0.310 e. The van der Waals surface area contributed by atoms with Crippen molar-refractivity contribution in [1.29, 1.82) is 0 Å². The second-order valence-corrected chi connectivity index (χ2v) is 6.56. The van der Waals surface area contributed by atoms with Gasteiger partial charge < -0.3 is 4.74 Å². The second-order valence-electron chi connectivity index (χ2n) is 5.71. The van der Waals surface area contributed by atoms with E-state index in [1.54, 1.807) is 19.1 Å². The Kier molecular flexibility index (Phi) is 4.66. The largest absolute Gasteiger partial charge is 0.466 e. The van der Waals surface area contributed by atoms with Crippen molar-refractivity contribution < 1.29 is 14.5 Å². The summed E-state index contributed by atoms with van der Waals surface area (Å²) in [4.78, 5) is 22.8. The van der Waals surface area contributed by atoms with E-state index in [9.17, 15) is 14.9 Å². The van der Waals surface area contributed by atoms with E-state index in [0.717, 1.165) is 11.1 Å². The first-order valence-corrected chi connectivity index (χ1v) is 8.49. The van der Waals surface area contributed by atoms with E-state index in [1.807, 2.05) is 30.3 Å². The molecule has 2 aromatic rings. The number of benzene rings is 2. The molecule has 0 amide bonds. The van der Waals surface area contributed by atoms with Gasteiger partial charge in [-0.3, -0.25) is 14.9 Å². The predicted molar refractivity (Wildman–Crippen MR) is 92.8 cm³/mol. The second kappa shape index (κ2) is 6.73. The summed E-state index contributed by atoms with van der Waals surface area (Å²) in [6.07, 6.45) is 0. The van der Waals surface area contributed by atoms with Crippen LogP contribution >= 0.6 is 15.9 Å². The monoisotopic (exact) mass is 389 g/mol. The van der Waals surface area contributed by atoms with Gasteiger partial charge in [0.2, 0.25) is 0 Å². The molecular formula is C18H16BrNO4. The highest BCUT2D eigenvalue weighted by atomic mass is 79.9. The maximum absolute atomic E-state index is 12.3. The predicted octanol–water partition coefficient (Wildman–Crippen LogP) is 4.42. The van der Waals surface area contributed by atoms with Crippen molar-refractivity contribution in [1.82, 2.24) is 0 Å². The van der Waals surface area contributed by atoms with E-state index in [0.29, 0.717) is 11.1 Å². The summed E-state index contributed by atoms with van der Waals surface area (Å²) in [6, 6.07) is 14.7. The average Bonchev–Trinajstić information content (AvgIpc) is 3.31. The number of nitrogens with zero attached hydrogens (tertiary/aromatic N) is 1. The molecule has 24 heavy (non-hydrogen) atoms. The molecule has 3 unspecified atom stereocenters. The Labute approximate surface area is 147 Å². The molecule has 0 aromatic heterocycles. The Morgan fingerprint density at radius 2 is 1.83 bits per heavy atom. The summed E-state index contributed by atoms with van der Waals surface area (Å²) < 4.78 is 5.63. The van der Waals surface area contributed by atoms with E-state index >= 15 is 0 Å². The normalized spacial score (nSPS) is 22.0. The van der Waals surface area contributed by atoms with Crippen LogP contribution in [0.1, 0.15) is 29.9 Å². The highest BCUT2D eigenvalue weighted by molar-refractivity contribution is 9.10. The van der Waals surface area contributed by atoms with Crippen LogP contribution in [0.25, 0.3) is 0 Å². The molecule has 3 atom stereocenters. The molecule has 0 spiro atoms. The van der Waals surface area contributed by atoms with Gasteiger partial charge in [-0.15, -0.1) is 0 Å². The summed E-state index contributed by atoms with van der Waals surface area (Å²) in [6.45, 7) is 2.13. The molecular weight excluding hydrogens is 374 g/mol. The molecule has 2 aromatic carbocycles. The Hall–Kier alpha value is -2.21. The fraction of sp³-hybridized carbons (Fsp3) is 0.278. The molecule has 1 fully saturated rings. The van der Waals surface area contributed by atoms with E-state index < -0.39 is 4.92 Å². The van der Waals surface area contributed by atoms with Crippen molar-refractivity contribution in [3.63, 3.8) is 0 Å². The molecule has 124 valence electrons. The minimum atomic E-state index is -0.432. The zero-order valence-electron chi connectivity index (χ0n) is 13.0. The first-order chi connectivity index (χ1) is 11.5. The number of ether oxygens (including phenoxy) is 1. The zero-order chi connectivity index (χ0) is 17.3. The van der Waals surface area contributed by atoms with Gasteiger partial charge in [0.25, 0.3) is 5.69 Å². The van der Waals surface area contributed by atoms with Gasteiger partial charge in [-0.05, 0) is 40.0 Å². The number of rotatable bonds is 5. The molecule has 5 nitrogen and oxygen atoms in total. The number of carbonyl (C=O) groups is 1. The van der Waals surface area contributed by atoms with Gasteiger partial charge >= 0.3 is 5.97 Å². The summed E-state index contributed by atoms with van der Waals surface area (Å²) >= 11 is 3.25. The molecule has 3 rings (SSSR count). The number of carbonyl (C=O) groups excluding carboxylic acids is 1. The lowest BCUT2D eigenvalue weighted by Gasteiger charge is -2.03. The van der Waals surface area contributed by atoms with Crippen LogP contribution in [-0.2, 0) is 9.53 Å². The highest BCUT2D eigenvalue weighted by Crippen LogP contribution is 2.61. The number of esters is 1. The van der Waals surface area contributed by atoms with Crippen LogP contribution in [-0.4, -0.2) is 17.5 Å². The van der Waals surface area contributed by atoms with Gasteiger partial charge in [-0.2, -0.15) is 0 Å². The molecule has 0 N–H and O–H groups in total. The minimum absolute atomic E-state index is 0.0170. The van der Waals surface area contributed by atoms with Gasteiger partial charge in [0.05, 0.1) is 21.9 Å². The highest BCUT2D eigenvalue weighted by Gasteiger charge is 2.57. The van der Waals surface area contributed by atoms with Crippen molar-refractivity contribution in [2.24, 2.45) is 5.92 Å². The van der Waals surface area contributed by atoms with Gasteiger partial charge in [-0.1, -0.05) is 36.4 Å². The van der Waals surface area contributed by atoms with Crippen molar-refractivity contribution in [2.75, 3.05) is 6.61 Å². The van der Waals surface area contributed by atoms with E-state index in [-0.39, 0.29) is 29.4 Å². The summed E-state index contributed by atoms with van der Waals surface area (Å²) in [7, 11) is 0. The van der Waals surface area contributed by atoms with Crippen LogP contribution in [0.4, 0.5) is 5.69 Å². The topological polar surface area (TPSA) is 69.4 Å². The quantitative estimate of drug-likeness (QED) is 0.431. The van der Waals surface area contributed by atoms with Gasteiger partial charge in [-0.25, -0.2) is 0 Å². The summed E-state index contributed by atoms with van der Waals surface area (Å²) in [5.74, 6) is -0.450. The Bertz CT molecular complexity index is 778. The third kappa shape index (κ3) is 3.06. The summed E-state index contributed by atoms with van der Waals surface area (Å²) in [5, 5.41) is 11.0. The third-order valence-corrected chi connectivity index (χ3v) is 4.95. The van der Waals surface area contributed by atoms with Gasteiger partial charge in [0.1, 0.15) is 0 Å². The van der Waals surface area contributed by atoms with Crippen LogP contribution in [0.3, 0.4) is 0 Å². The SMILES string of the molecule is CCOC(=O)C1C(c2ccccc2)C1c1ccc([N+](=O)[O-])c(Br)c1. The maximum atomic E-state index is 12.3. The fourth-order valence-corrected chi connectivity index (χ4v) is 3.77. The molecule has 1 saturated carbocycles.